The summed E-state index contributed by atoms with van der Waals surface area (Å²) in [5.41, 5.74) is 0. The maximum atomic E-state index is 4.63. The van der Waals surface area contributed by atoms with E-state index in [1.54, 1.807) is 22.7 Å². The minimum absolute atomic E-state index is 0.793. The van der Waals surface area contributed by atoms with Gasteiger partial charge >= 0.3 is 0 Å². The van der Waals surface area contributed by atoms with Crippen LogP contribution in [0.4, 0.5) is 0 Å². The molecule has 0 fully saturated rings. The van der Waals surface area contributed by atoms with Crippen molar-refractivity contribution in [3.05, 3.63) is 23.3 Å². The van der Waals surface area contributed by atoms with Crippen LogP contribution in [0.2, 0.25) is 0 Å². The van der Waals surface area contributed by atoms with Gasteiger partial charge in [-0.3, -0.25) is 4.90 Å². The number of nitrogens with zero attached hydrogens (tertiary/aromatic N) is 5. The summed E-state index contributed by atoms with van der Waals surface area (Å²) >= 11 is 3.29. The van der Waals surface area contributed by atoms with Crippen molar-refractivity contribution in [2.24, 2.45) is 0 Å². The Morgan fingerprint density at radius 2 is 2.11 bits per heavy atom. The highest BCUT2D eigenvalue weighted by molar-refractivity contribution is 7.23. The number of hydrogen-bond acceptors (Lipinski definition) is 6. The zero-order valence-electron chi connectivity index (χ0n) is 10.9. The maximum Gasteiger partial charge on any atom is 0.235 e. The summed E-state index contributed by atoms with van der Waals surface area (Å²) in [5, 5.41) is 16.2. The van der Waals surface area contributed by atoms with Gasteiger partial charge in [0, 0.05) is 0 Å². The molecule has 0 radical (unpaired) electrons. The Hall–Kier alpha value is -1.31. The van der Waals surface area contributed by atoms with Crippen LogP contribution in [-0.2, 0) is 6.54 Å². The van der Waals surface area contributed by atoms with Gasteiger partial charge in [0.05, 0.1) is 11.4 Å². The summed E-state index contributed by atoms with van der Waals surface area (Å²) in [6.45, 7) is 7.11. The van der Waals surface area contributed by atoms with Crippen LogP contribution < -0.4 is 0 Å². The molecule has 0 aliphatic carbocycles. The van der Waals surface area contributed by atoms with Gasteiger partial charge in [-0.05, 0) is 24.5 Å². The van der Waals surface area contributed by atoms with Crippen LogP contribution in [-0.4, -0.2) is 37.8 Å². The monoisotopic (exact) mass is 293 g/mol. The highest BCUT2D eigenvalue weighted by Gasteiger charge is 2.14. The van der Waals surface area contributed by atoms with Crippen LogP contribution in [0.25, 0.3) is 14.8 Å². The van der Waals surface area contributed by atoms with Crippen LogP contribution in [0.1, 0.15) is 19.7 Å². The summed E-state index contributed by atoms with van der Waals surface area (Å²) in [6, 6.07) is 4.12. The molecule has 0 aliphatic heterocycles. The number of rotatable bonds is 5. The van der Waals surface area contributed by atoms with Crippen LogP contribution in [0.15, 0.2) is 17.5 Å². The molecule has 0 spiro atoms. The van der Waals surface area contributed by atoms with Crippen molar-refractivity contribution in [2.45, 2.75) is 20.4 Å². The van der Waals surface area contributed by atoms with E-state index in [0.29, 0.717) is 0 Å². The predicted molar refractivity (Wildman–Crippen MR) is 78.6 cm³/mol. The molecule has 0 saturated carbocycles. The van der Waals surface area contributed by atoms with Gasteiger partial charge in [-0.1, -0.05) is 31.3 Å². The molecule has 0 N–H and O–H groups in total. The topological polar surface area (TPSA) is 46.3 Å². The van der Waals surface area contributed by atoms with Crippen molar-refractivity contribution < 1.29 is 0 Å². The van der Waals surface area contributed by atoms with Gasteiger partial charge in [-0.2, -0.15) is 9.61 Å². The van der Waals surface area contributed by atoms with Gasteiger partial charge in [0.15, 0.2) is 10.8 Å². The quantitative estimate of drug-likeness (QED) is 0.725. The zero-order valence-corrected chi connectivity index (χ0v) is 12.5. The fourth-order valence-electron chi connectivity index (χ4n) is 1.90. The third-order valence-electron chi connectivity index (χ3n) is 3.05. The van der Waals surface area contributed by atoms with Crippen molar-refractivity contribution >= 4 is 27.6 Å². The second kappa shape index (κ2) is 5.36. The molecule has 0 amide bonds. The molecule has 19 heavy (non-hydrogen) atoms. The molecule has 0 aromatic carbocycles. The van der Waals surface area contributed by atoms with E-state index in [-0.39, 0.29) is 0 Å². The summed E-state index contributed by atoms with van der Waals surface area (Å²) in [6.07, 6.45) is 0. The molecular weight excluding hydrogens is 278 g/mol. The lowest BCUT2D eigenvalue weighted by Gasteiger charge is -2.15. The lowest BCUT2D eigenvalue weighted by molar-refractivity contribution is 0.286. The summed E-state index contributed by atoms with van der Waals surface area (Å²) in [5.74, 6) is 0.915. The number of hydrogen-bond donors (Lipinski definition) is 0. The molecule has 3 aromatic heterocycles. The van der Waals surface area contributed by atoms with E-state index in [0.717, 1.165) is 35.4 Å². The largest absolute Gasteiger partial charge is 0.296 e. The smallest absolute Gasteiger partial charge is 0.235 e. The predicted octanol–water partition coefficient (Wildman–Crippen LogP) is 2.76. The average Bonchev–Trinajstić information content (AvgIpc) is 3.12. The Balaban J connectivity index is 1.94. The van der Waals surface area contributed by atoms with Gasteiger partial charge < -0.3 is 0 Å². The molecule has 3 aromatic rings. The Kier molecular flexibility index (Phi) is 3.58. The molecule has 0 unspecified atom stereocenters. The molecule has 100 valence electrons. The van der Waals surface area contributed by atoms with Gasteiger partial charge in [-0.15, -0.1) is 21.5 Å². The van der Waals surface area contributed by atoms with E-state index in [1.807, 2.05) is 10.6 Å². The standard InChI is InChI=1S/C12H15N5S2/c1-3-16(4-2)8-10-13-14-12-17(10)15-11(19-12)9-6-5-7-18-9/h5-7H,3-4,8H2,1-2H3. The van der Waals surface area contributed by atoms with Crippen LogP contribution in [0.3, 0.4) is 0 Å². The maximum absolute atomic E-state index is 4.63. The SMILES string of the molecule is CCN(CC)Cc1nnc2sc(-c3cccs3)nn12. The van der Waals surface area contributed by atoms with Gasteiger partial charge in [0.1, 0.15) is 0 Å². The minimum Gasteiger partial charge on any atom is -0.296 e. The Bertz CT molecular complexity index is 651. The summed E-state index contributed by atoms with van der Waals surface area (Å²) in [7, 11) is 0. The average molecular weight is 293 g/mol. The van der Waals surface area contributed by atoms with E-state index in [9.17, 15) is 0 Å². The third kappa shape index (κ3) is 2.41. The Labute approximate surface area is 119 Å². The second-order valence-corrected chi connectivity index (χ2v) is 6.06. The van der Waals surface area contributed by atoms with Gasteiger partial charge in [0.25, 0.3) is 0 Å². The highest BCUT2D eigenvalue weighted by atomic mass is 32.1. The van der Waals surface area contributed by atoms with Crippen LogP contribution in [0, 0.1) is 0 Å². The lowest BCUT2D eigenvalue weighted by atomic mass is 10.4. The minimum atomic E-state index is 0.793. The third-order valence-corrected chi connectivity index (χ3v) is 4.98. The van der Waals surface area contributed by atoms with Crippen molar-refractivity contribution in [2.75, 3.05) is 13.1 Å². The fraction of sp³-hybridized carbons (Fsp3) is 0.417. The molecule has 0 aliphatic rings. The molecule has 5 nitrogen and oxygen atoms in total. The highest BCUT2D eigenvalue weighted by Crippen LogP contribution is 2.29. The van der Waals surface area contributed by atoms with Gasteiger partial charge in [-0.25, -0.2) is 0 Å². The summed E-state index contributed by atoms with van der Waals surface area (Å²) in [4.78, 5) is 4.36. The molecule has 3 rings (SSSR count). The van der Waals surface area contributed by atoms with Crippen molar-refractivity contribution in [1.82, 2.24) is 24.7 Å². The molecule has 0 bridgehead atoms. The number of thiophene rings is 1. The van der Waals surface area contributed by atoms with Crippen LogP contribution in [0.5, 0.6) is 0 Å². The fourth-order valence-corrected chi connectivity index (χ4v) is 3.55. The Morgan fingerprint density at radius 3 is 2.79 bits per heavy atom. The molecule has 0 saturated heterocycles. The van der Waals surface area contributed by atoms with Crippen LogP contribution >= 0.6 is 22.7 Å². The Morgan fingerprint density at radius 1 is 1.26 bits per heavy atom. The normalized spacial score (nSPS) is 11.7. The first-order valence-corrected chi connectivity index (χ1v) is 7.98. The lowest BCUT2D eigenvalue weighted by Crippen LogP contribution is -2.23. The number of aromatic nitrogens is 4. The first-order valence-electron chi connectivity index (χ1n) is 6.29. The van der Waals surface area contributed by atoms with E-state index in [2.05, 4.69) is 45.5 Å². The van der Waals surface area contributed by atoms with E-state index >= 15 is 0 Å². The molecule has 3 heterocycles. The van der Waals surface area contributed by atoms with E-state index < -0.39 is 0 Å². The van der Waals surface area contributed by atoms with Crippen molar-refractivity contribution in [1.29, 1.82) is 0 Å². The van der Waals surface area contributed by atoms with Gasteiger partial charge in [0.2, 0.25) is 4.96 Å². The first kappa shape index (κ1) is 12.7. The molecule has 0 atom stereocenters. The van der Waals surface area contributed by atoms with Crippen molar-refractivity contribution in [3.8, 4) is 9.88 Å². The van der Waals surface area contributed by atoms with E-state index in [1.165, 1.54) is 4.88 Å². The molecule has 7 heteroatoms. The number of fused-ring (bicyclic) bond motifs is 1. The zero-order chi connectivity index (χ0) is 13.2. The molecular formula is C12H15N5S2. The first-order chi connectivity index (χ1) is 9.31. The second-order valence-electron chi connectivity index (χ2n) is 4.16. The van der Waals surface area contributed by atoms with E-state index in [4.69, 9.17) is 0 Å². The summed E-state index contributed by atoms with van der Waals surface area (Å²) < 4.78 is 1.87. The van der Waals surface area contributed by atoms with Crippen molar-refractivity contribution in [3.63, 3.8) is 0 Å².